The van der Waals surface area contributed by atoms with E-state index in [0.717, 1.165) is 11.6 Å². The number of hydrogen-bond donors (Lipinski definition) is 1. The molecule has 0 radical (unpaired) electrons. The zero-order valence-corrected chi connectivity index (χ0v) is 8.56. The summed E-state index contributed by atoms with van der Waals surface area (Å²) in [6.07, 6.45) is 2.51. The van der Waals surface area contributed by atoms with Gasteiger partial charge in [-0.05, 0) is 49.6 Å². The summed E-state index contributed by atoms with van der Waals surface area (Å²) >= 11 is 6.00. The maximum Gasteiger partial charge on any atom is 0.0411 e. The monoisotopic (exact) mass is 195 g/mol. The van der Waals surface area contributed by atoms with Gasteiger partial charge in [-0.2, -0.15) is 0 Å². The molecule has 1 nitrogen and oxygen atoms in total. The van der Waals surface area contributed by atoms with Crippen LogP contribution in [0.25, 0.3) is 0 Å². The standard InChI is InChI=1S/C11H14ClN/c1-8-5-9(7-10(12)6-8)11-3-2-4-13-11/h5-7,11,13H,2-4H2,1H3. The van der Waals surface area contributed by atoms with Crippen molar-refractivity contribution in [2.45, 2.75) is 25.8 Å². The van der Waals surface area contributed by atoms with Crippen LogP contribution in [0.4, 0.5) is 0 Å². The van der Waals surface area contributed by atoms with Gasteiger partial charge < -0.3 is 5.32 Å². The highest BCUT2D eigenvalue weighted by atomic mass is 35.5. The van der Waals surface area contributed by atoms with Crippen molar-refractivity contribution in [3.63, 3.8) is 0 Å². The third-order valence-corrected chi connectivity index (χ3v) is 2.75. The number of benzene rings is 1. The topological polar surface area (TPSA) is 12.0 Å². The summed E-state index contributed by atoms with van der Waals surface area (Å²) in [7, 11) is 0. The summed E-state index contributed by atoms with van der Waals surface area (Å²) in [4.78, 5) is 0. The third kappa shape index (κ3) is 2.04. The van der Waals surface area contributed by atoms with E-state index in [-0.39, 0.29) is 0 Å². The van der Waals surface area contributed by atoms with E-state index in [1.54, 1.807) is 0 Å². The average molecular weight is 196 g/mol. The summed E-state index contributed by atoms with van der Waals surface area (Å²) < 4.78 is 0. The highest BCUT2D eigenvalue weighted by Gasteiger charge is 2.16. The van der Waals surface area contributed by atoms with Crippen LogP contribution in [0.15, 0.2) is 18.2 Å². The highest BCUT2D eigenvalue weighted by molar-refractivity contribution is 6.30. The summed E-state index contributed by atoms with van der Waals surface area (Å²) in [5.74, 6) is 0. The Kier molecular flexibility index (Phi) is 2.56. The van der Waals surface area contributed by atoms with E-state index in [0.29, 0.717) is 6.04 Å². The van der Waals surface area contributed by atoms with Gasteiger partial charge in [-0.1, -0.05) is 17.7 Å². The van der Waals surface area contributed by atoms with Crippen molar-refractivity contribution in [1.29, 1.82) is 0 Å². The van der Waals surface area contributed by atoms with Crippen LogP contribution in [0, 0.1) is 6.92 Å². The summed E-state index contributed by atoms with van der Waals surface area (Å²) in [5.41, 5.74) is 2.58. The molecule has 1 aromatic rings. The van der Waals surface area contributed by atoms with Crippen LogP contribution in [-0.2, 0) is 0 Å². The molecule has 0 aromatic heterocycles. The van der Waals surface area contributed by atoms with Crippen molar-refractivity contribution in [3.8, 4) is 0 Å². The number of hydrogen-bond acceptors (Lipinski definition) is 1. The zero-order chi connectivity index (χ0) is 9.26. The fourth-order valence-corrected chi connectivity index (χ4v) is 2.23. The Morgan fingerprint density at radius 2 is 2.23 bits per heavy atom. The Morgan fingerprint density at radius 3 is 2.85 bits per heavy atom. The molecule has 2 rings (SSSR count). The molecule has 0 saturated carbocycles. The lowest BCUT2D eigenvalue weighted by Crippen LogP contribution is -2.12. The van der Waals surface area contributed by atoms with E-state index in [1.807, 2.05) is 6.07 Å². The van der Waals surface area contributed by atoms with Crippen LogP contribution < -0.4 is 5.32 Å². The molecule has 1 aliphatic rings. The van der Waals surface area contributed by atoms with E-state index in [9.17, 15) is 0 Å². The van der Waals surface area contributed by atoms with Gasteiger partial charge in [0.25, 0.3) is 0 Å². The lowest BCUT2D eigenvalue weighted by atomic mass is 10.0. The Hall–Kier alpha value is -0.530. The van der Waals surface area contributed by atoms with E-state index < -0.39 is 0 Å². The molecule has 1 N–H and O–H groups in total. The third-order valence-electron chi connectivity index (χ3n) is 2.53. The normalized spacial score (nSPS) is 22.2. The van der Waals surface area contributed by atoms with Gasteiger partial charge in [-0.15, -0.1) is 0 Å². The molecule has 1 aromatic carbocycles. The van der Waals surface area contributed by atoms with E-state index >= 15 is 0 Å². The van der Waals surface area contributed by atoms with E-state index in [2.05, 4.69) is 24.4 Å². The second kappa shape index (κ2) is 3.69. The van der Waals surface area contributed by atoms with Crippen molar-refractivity contribution >= 4 is 11.6 Å². The zero-order valence-electron chi connectivity index (χ0n) is 7.81. The maximum atomic E-state index is 6.00. The predicted octanol–water partition coefficient (Wildman–Crippen LogP) is 3.07. The molecular weight excluding hydrogens is 182 g/mol. The SMILES string of the molecule is Cc1cc(Cl)cc(C2CCCN2)c1. The van der Waals surface area contributed by atoms with Crippen LogP contribution >= 0.6 is 11.6 Å². The van der Waals surface area contributed by atoms with Crippen molar-refractivity contribution in [2.75, 3.05) is 6.54 Å². The Balaban J connectivity index is 2.28. The van der Waals surface area contributed by atoms with Gasteiger partial charge >= 0.3 is 0 Å². The average Bonchev–Trinajstić information content (AvgIpc) is 2.53. The first-order chi connectivity index (χ1) is 6.25. The first-order valence-corrected chi connectivity index (χ1v) is 5.14. The summed E-state index contributed by atoms with van der Waals surface area (Å²) in [6, 6.07) is 6.81. The Morgan fingerprint density at radius 1 is 1.38 bits per heavy atom. The molecule has 1 fully saturated rings. The fraction of sp³-hybridized carbons (Fsp3) is 0.455. The molecule has 0 amide bonds. The van der Waals surface area contributed by atoms with Crippen LogP contribution in [0.3, 0.4) is 0 Å². The molecule has 0 aliphatic carbocycles. The van der Waals surface area contributed by atoms with Crippen LogP contribution in [0.2, 0.25) is 5.02 Å². The largest absolute Gasteiger partial charge is 0.310 e. The Labute approximate surface area is 84.1 Å². The second-order valence-corrected chi connectivity index (χ2v) is 4.15. The van der Waals surface area contributed by atoms with Gasteiger partial charge in [0.1, 0.15) is 0 Å². The molecule has 1 heterocycles. The van der Waals surface area contributed by atoms with Gasteiger partial charge in [-0.25, -0.2) is 0 Å². The number of nitrogens with one attached hydrogen (secondary N) is 1. The van der Waals surface area contributed by atoms with E-state index in [4.69, 9.17) is 11.6 Å². The van der Waals surface area contributed by atoms with Crippen molar-refractivity contribution < 1.29 is 0 Å². The number of halogens is 1. The minimum atomic E-state index is 0.525. The molecule has 1 saturated heterocycles. The lowest BCUT2D eigenvalue weighted by Gasteiger charge is -2.11. The smallest absolute Gasteiger partial charge is 0.0411 e. The highest BCUT2D eigenvalue weighted by Crippen LogP contribution is 2.26. The predicted molar refractivity (Wildman–Crippen MR) is 56.2 cm³/mol. The molecule has 13 heavy (non-hydrogen) atoms. The second-order valence-electron chi connectivity index (χ2n) is 3.71. The molecule has 70 valence electrons. The van der Waals surface area contributed by atoms with Crippen LogP contribution in [0.1, 0.15) is 30.0 Å². The quantitative estimate of drug-likeness (QED) is 0.727. The fourth-order valence-electron chi connectivity index (χ4n) is 1.93. The first kappa shape index (κ1) is 9.04. The molecule has 1 aliphatic heterocycles. The lowest BCUT2D eigenvalue weighted by molar-refractivity contribution is 0.647. The number of aryl methyl sites for hydroxylation is 1. The van der Waals surface area contributed by atoms with Gasteiger partial charge in [-0.3, -0.25) is 0 Å². The Bertz CT molecular complexity index is 283. The van der Waals surface area contributed by atoms with Gasteiger partial charge in [0.2, 0.25) is 0 Å². The van der Waals surface area contributed by atoms with Crippen LogP contribution in [0.5, 0.6) is 0 Å². The molecule has 0 spiro atoms. The maximum absolute atomic E-state index is 6.00. The summed E-state index contributed by atoms with van der Waals surface area (Å²) in [6.45, 7) is 3.22. The van der Waals surface area contributed by atoms with Gasteiger partial charge in [0.05, 0.1) is 0 Å². The van der Waals surface area contributed by atoms with Crippen molar-refractivity contribution in [3.05, 3.63) is 34.3 Å². The molecule has 1 unspecified atom stereocenters. The van der Waals surface area contributed by atoms with Crippen LogP contribution in [-0.4, -0.2) is 6.54 Å². The molecule has 0 bridgehead atoms. The minimum Gasteiger partial charge on any atom is -0.310 e. The van der Waals surface area contributed by atoms with Gasteiger partial charge in [0.15, 0.2) is 0 Å². The summed E-state index contributed by atoms with van der Waals surface area (Å²) in [5, 5.41) is 4.32. The molecule has 1 atom stereocenters. The molecule has 2 heteroatoms. The van der Waals surface area contributed by atoms with E-state index in [1.165, 1.54) is 24.0 Å². The first-order valence-electron chi connectivity index (χ1n) is 4.76. The number of rotatable bonds is 1. The van der Waals surface area contributed by atoms with Gasteiger partial charge in [0, 0.05) is 11.1 Å². The minimum absolute atomic E-state index is 0.525. The molecular formula is C11H14ClN. The van der Waals surface area contributed by atoms with Crippen molar-refractivity contribution in [1.82, 2.24) is 5.32 Å². The van der Waals surface area contributed by atoms with Crippen molar-refractivity contribution in [2.24, 2.45) is 0 Å².